The standard InChI is InChI=1S/C83H162O17P2/c1-6-10-13-16-19-22-25-28-31-33-34-36-38-41-44-47-54-59-64-69-83(88)99-78(72-93-80(85)66-61-56-51-45-42-40-37-35-32-29-26-23-20-17-14-11-7-2)74-97-101(89,90)95-70-77(84)71-96-102(91,92)98-75-79(73-94-81(86)67-62-57-52-49-48-50-55-60-65-76(5)9-4)100-82(87)68-63-58-53-46-43-39-30-27-24-21-18-15-12-8-3/h76-79,84H,6-75H2,1-5H3,(H,89,90)(H,91,92)/t76?,77-,78-,79-/m1/s1. The number of hydrogen-bond acceptors (Lipinski definition) is 15. The van der Waals surface area contributed by atoms with Gasteiger partial charge in [-0.05, 0) is 31.6 Å². The summed E-state index contributed by atoms with van der Waals surface area (Å²) in [6, 6.07) is 0. The van der Waals surface area contributed by atoms with Crippen molar-refractivity contribution in [3.63, 3.8) is 0 Å². The smallest absolute Gasteiger partial charge is 0.462 e. The minimum absolute atomic E-state index is 0.108. The van der Waals surface area contributed by atoms with Gasteiger partial charge in [-0.1, -0.05) is 394 Å². The van der Waals surface area contributed by atoms with Crippen molar-refractivity contribution in [1.82, 2.24) is 0 Å². The Labute approximate surface area is 626 Å². The van der Waals surface area contributed by atoms with E-state index in [9.17, 15) is 43.2 Å². The van der Waals surface area contributed by atoms with E-state index in [1.165, 1.54) is 270 Å². The zero-order chi connectivity index (χ0) is 74.8. The first kappa shape index (κ1) is 100. The van der Waals surface area contributed by atoms with Gasteiger partial charge in [0.15, 0.2) is 12.2 Å². The third-order valence-corrected chi connectivity index (χ3v) is 21.8. The number of rotatable bonds is 83. The predicted molar refractivity (Wildman–Crippen MR) is 418 cm³/mol. The minimum atomic E-state index is -4.96. The van der Waals surface area contributed by atoms with Crippen LogP contribution in [0.3, 0.4) is 0 Å². The molecule has 3 N–H and O–H groups in total. The highest BCUT2D eigenvalue weighted by Crippen LogP contribution is 2.45. The third-order valence-electron chi connectivity index (χ3n) is 19.9. The van der Waals surface area contributed by atoms with Gasteiger partial charge in [0, 0.05) is 25.7 Å². The Morgan fingerprint density at radius 2 is 0.471 bits per heavy atom. The topological polar surface area (TPSA) is 237 Å². The minimum Gasteiger partial charge on any atom is -0.462 e. The summed E-state index contributed by atoms with van der Waals surface area (Å²) in [6.45, 7) is 7.35. The number of phosphoric ester groups is 2. The summed E-state index contributed by atoms with van der Waals surface area (Å²) in [7, 11) is -9.92. The Balaban J connectivity index is 5.26. The quantitative estimate of drug-likeness (QED) is 0.0222. The van der Waals surface area contributed by atoms with Crippen molar-refractivity contribution in [1.29, 1.82) is 0 Å². The molecule has 0 radical (unpaired) electrons. The van der Waals surface area contributed by atoms with E-state index in [1.807, 2.05) is 0 Å². The number of esters is 4. The number of aliphatic hydroxyl groups excluding tert-OH is 1. The van der Waals surface area contributed by atoms with E-state index in [-0.39, 0.29) is 25.7 Å². The van der Waals surface area contributed by atoms with Crippen LogP contribution in [0.25, 0.3) is 0 Å². The van der Waals surface area contributed by atoms with Gasteiger partial charge in [-0.15, -0.1) is 0 Å². The lowest BCUT2D eigenvalue weighted by molar-refractivity contribution is -0.161. The molecule has 0 aliphatic carbocycles. The van der Waals surface area contributed by atoms with Crippen molar-refractivity contribution in [2.75, 3.05) is 39.6 Å². The molecule has 0 spiro atoms. The summed E-state index contributed by atoms with van der Waals surface area (Å²) >= 11 is 0. The third kappa shape index (κ3) is 74.9. The van der Waals surface area contributed by atoms with Crippen molar-refractivity contribution in [3.8, 4) is 0 Å². The van der Waals surface area contributed by atoms with E-state index in [0.717, 1.165) is 95.8 Å². The second kappa shape index (κ2) is 75.9. The molecule has 0 rings (SSSR count). The van der Waals surface area contributed by atoms with Crippen LogP contribution in [0.15, 0.2) is 0 Å². The normalized spacial score (nSPS) is 14.1. The fraction of sp³-hybridized carbons (Fsp3) is 0.952. The van der Waals surface area contributed by atoms with Gasteiger partial charge in [0.1, 0.15) is 19.3 Å². The van der Waals surface area contributed by atoms with Gasteiger partial charge >= 0.3 is 39.5 Å². The molecule has 0 fully saturated rings. The van der Waals surface area contributed by atoms with Crippen LogP contribution in [-0.4, -0.2) is 96.7 Å². The van der Waals surface area contributed by atoms with Gasteiger partial charge in [0.05, 0.1) is 26.4 Å². The molecule has 0 bridgehead atoms. The van der Waals surface area contributed by atoms with E-state index < -0.39 is 97.5 Å². The summed E-state index contributed by atoms with van der Waals surface area (Å²) in [5.74, 6) is -1.32. The molecule has 0 aromatic carbocycles. The van der Waals surface area contributed by atoms with E-state index in [2.05, 4.69) is 34.6 Å². The second-order valence-electron chi connectivity index (χ2n) is 30.1. The Morgan fingerprint density at radius 1 is 0.275 bits per heavy atom. The van der Waals surface area contributed by atoms with Crippen molar-refractivity contribution in [3.05, 3.63) is 0 Å². The van der Waals surface area contributed by atoms with Gasteiger partial charge in [-0.3, -0.25) is 37.3 Å². The lowest BCUT2D eigenvalue weighted by Gasteiger charge is -2.21. The summed E-state index contributed by atoms with van der Waals surface area (Å²) in [4.78, 5) is 73.1. The lowest BCUT2D eigenvalue weighted by atomic mass is 9.99. The maximum absolute atomic E-state index is 13.1. The van der Waals surface area contributed by atoms with Crippen LogP contribution in [0.5, 0.6) is 0 Å². The van der Waals surface area contributed by atoms with E-state index in [0.29, 0.717) is 25.7 Å². The molecule has 3 unspecified atom stereocenters. The highest BCUT2D eigenvalue weighted by molar-refractivity contribution is 7.47. The molecule has 0 heterocycles. The zero-order valence-corrected chi connectivity index (χ0v) is 68.5. The van der Waals surface area contributed by atoms with Crippen LogP contribution < -0.4 is 0 Å². The second-order valence-corrected chi connectivity index (χ2v) is 33.0. The van der Waals surface area contributed by atoms with Crippen molar-refractivity contribution in [2.24, 2.45) is 5.92 Å². The fourth-order valence-electron chi connectivity index (χ4n) is 12.9. The summed E-state index contributed by atoms with van der Waals surface area (Å²) in [6.07, 6.45) is 67.9. The molecule has 0 aliphatic rings. The number of phosphoric acid groups is 2. The maximum atomic E-state index is 13.1. The average molecular weight is 1490 g/mol. The summed E-state index contributed by atoms with van der Waals surface area (Å²) < 4.78 is 68.8. The number of carbonyl (C=O) groups excluding carboxylic acids is 4. The molecule has 0 amide bonds. The van der Waals surface area contributed by atoms with E-state index in [4.69, 9.17) is 37.0 Å². The van der Waals surface area contributed by atoms with E-state index in [1.54, 1.807) is 0 Å². The van der Waals surface area contributed by atoms with Gasteiger partial charge in [0.2, 0.25) is 0 Å². The first-order chi connectivity index (χ1) is 49.6. The van der Waals surface area contributed by atoms with Crippen LogP contribution >= 0.6 is 15.6 Å². The molecule has 0 aromatic rings. The van der Waals surface area contributed by atoms with Gasteiger partial charge in [-0.2, -0.15) is 0 Å². The van der Waals surface area contributed by atoms with Crippen molar-refractivity contribution < 1.29 is 80.2 Å². The molecule has 0 aliphatic heterocycles. The van der Waals surface area contributed by atoms with Crippen LogP contribution in [0.4, 0.5) is 0 Å². The number of hydrogen-bond donors (Lipinski definition) is 3. The monoisotopic (exact) mass is 1490 g/mol. The van der Waals surface area contributed by atoms with Crippen LogP contribution in [-0.2, 0) is 65.4 Å². The maximum Gasteiger partial charge on any atom is 0.472 e. The van der Waals surface area contributed by atoms with Gasteiger partial charge in [-0.25, -0.2) is 9.13 Å². The Kier molecular flexibility index (Phi) is 74.4. The van der Waals surface area contributed by atoms with Gasteiger partial charge in [0.25, 0.3) is 0 Å². The number of aliphatic hydroxyl groups is 1. The molecular formula is C83H162O17P2. The fourth-order valence-corrected chi connectivity index (χ4v) is 14.5. The van der Waals surface area contributed by atoms with Gasteiger partial charge < -0.3 is 33.8 Å². The van der Waals surface area contributed by atoms with Crippen LogP contribution in [0.2, 0.25) is 0 Å². The molecule has 6 atom stereocenters. The first-order valence-electron chi connectivity index (χ1n) is 43.2. The highest BCUT2D eigenvalue weighted by atomic mass is 31.2. The molecular weight excluding hydrogens is 1330 g/mol. The van der Waals surface area contributed by atoms with Crippen LogP contribution in [0.1, 0.15) is 446 Å². The Bertz CT molecular complexity index is 1950. The average Bonchev–Trinajstić information content (AvgIpc) is 0.914. The molecule has 17 nitrogen and oxygen atoms in total. The largest absolute Gasteiger partial charge is 0.472 e. The van der Waals surface area contributed by atoms with Crippen molar-refractivity contribution >= 4 is 39.5 Å². The predicted octanol–water partition coefficient (Wildman–Crippen LogP) is 25.2. The lowest BCUT2D eigenvalue weighted by Crippen LogP contribution is -2.30. The molecule has 0 saturated carbocycles. The van der Waals surface area contributed by atoms with E-state index >= 15 is 0 Å². The number of ether oxygens (including phenoxy) is 4. The molecule has 19 heteroatoms. The number of unbranched alkanes of at least 4 members (excludes halogenated alkanes) is 54. The Hall–Kier alpha value is -1.94. The van der Waals surface area contributed by atoms with Crippen molar-refractivity contribution in [2.45, 2.75) is 464 Å². The van der Waals surface area contributed by atoms with Crippen LogP contribution in [0, 0.1) is 5.92 Å². The zero-order valence-electron chi connectivity index (χ0n) is 66.8. The first-order valence-corrected chi connectivity index (χ1v) is 46.2. The molecule has 0 saturated heterocycles. The highest BCUT2D eigenvalue weighted by Gasteiger charge is 2.30. The summed E-state index contributed by atoms with van der Waals surface area (Å²) in [5.41, 5.74) is 0. The Morgan fingerprint density at radius 3 is 0.696 bits per heavy atom. The molecule has 0 aromatic heterocycles. The summed E-state index contributed by atoms with van der Waals surface area (Å²) in [5, 5.41) is 10.7. The molecule has 606 valence electrons. The molecule has 102 heavy (non-hydrogen) atoms. The number of carbonyl (C=O) groups is 4. The SMILES string of the molecule is CCCCCCCCCCCCCCCCCCCCCC(=O)O[C@H](COC(=O)CCCCCCCCCCCCCCCCCCC)COP(=O)(O)OC[C@@H](O)COP(=O)(O)OC[C@@H](COC(=O)CCCCCCCCCCC(C)CC)OC(=O)CCCCCCCCCCCCCCCC.